The molecule has 1 aliphatic carbocycles. The molecule has 3 aromatic rings. The zero-order chi connectivity index (χ0) is 20.2. The minimum absolute atomic E-state index is 0.151. The Morgan fingerprint density at radius 3 is 2.69 bits per heavy atom. The standard InChI is InChI=1S/C23H24N2O3S/c1-15-12-18-20(24-19-8-5-9-21(26)23(18)19)13-22(15)29(27,28)25-11-10-17(14-25)16-6-3-2-4-7-16/h2-4,6-7,12-13,17,24H,5,8-11,14H2,1H3/t17-/m0/s1. The second-order valence-electron chi connectivity index (χ2n) is 8.18. The van der Waals surface area contributed by atoms with Gasteiger partial charge in [0.15, 0.2) is 5.78 Å². The van der Waals surface area contributed by atoms with E-state index in [-0.39, 0.29) is 11.7 Å². The van der Waals surface area contributed by atoms with Gasteiger partial charge in [0.05, 0.1) is 4.90 Å². The van der Waals surface area contributed by atoms with Crippen LogP contribution in [-0.2, 0) is 16.4 Å². The number of nitrogens with one attached hydrogen (secondary N) is 1. The van der Waals surface area contributed by atoms with Crippen LogP contribution in [0.25, 0.3) is 10.9 Å². The number of H-pyrrole nitrogens is 1. The predicted octanol–water partition coefficient (Wildman–Crippen LogP) is 4.17. The van der Waals surface area contributed by atoms with Crippen molar-refractivity contribution >= 4 is 26.7 Å². The number of rotatable bonds is 3. The summed E-state index contributed by atoms with van der Waals surface area (Å²) in [5, 5.41) is 0.852. The molecule has 1 aromatic heterocycles. The van der Waals surface area contributed by atoms with Crippen LogP contribution in [0.2, 0.25) is 0 Å². The van der Waals surface area contributed by atoms with Gasteiger partial charge in [0.25, 0.3) is 0 Å². The van der Waals surface area contributed by atoms with E-state index in [1.165, 1.54) is 5.56 Å². The zero-order valence-electron chi connectivity index (χ0n) is 16.4. The van der Waals surface area contributed by atoms with Crippen molar-refractivity contribution in [2.75, 3.05) is 13.1 Å². The minimum Gasteiger partial charge on any atom is -0.358 e. The molecule has 1 N–H and O–H groups in total. The highest BCUT2D eigenvalue weighted by molar-refractivity contribution is 7.89. The number of fused-ring (bicyclic) bond motifs is 3. The Labute approximate surface area is 170 Å². The Morgan fingerprint density at radius 1 is 1.10 bits per heavy atom. The van der Waals surface area contributed by atoms with E-state index in [4.69, 9.17) is 0 Å². The highest BCUT2D eigenvalue weighted by Gasteiger charge is 2.34. The summed E-state index contributed by atoms with van der Waals surface area (Å²) in [6.45, 7) is 2.85. The highest BCUT2D eigenvalue weighted by Crippen LogP contribution is 2.35. The third kappa shape index (κ3) is 3.02. The van der Waals surface area contributed by atoms with Gasteiger partial charge in [-0.1, -0.05) is 30.3 Å². The van der Waals surface area contributed by atoms with Crippen molar-refractivity contribution in [2.45, 2.75) is 43.4 Å². The second kappa shape index (κ2) is 6.82. The topological polar surface area (TPSA) is 70.2 Å². The molecule has 0 spiro atoms. The van der Waals surface area contributed by atoms with Crippen LogP contribution in [0.1, 0.15) is 52.4 Å². The molecular weight excluding hydrogens is 384 g/mol. The fourth-order valence-electron chi connectivity index (χ4n) is 4.80. The number of Topliss-reactive ketones (excluding diaryl/α,β-unsaturated/α-hetero) is 1. The van der Waals surface area contributed by atoms with Crippen LogP contribution >= 0.6 is 0 Å². The summed E-state index contributed by atoms with van der Waals surface area (Å²) in [6, 6.07) is 13.7. The van der Waals surface area contributed by atoms with Gasteiger partial charge >= 0.3 is 0 Å². The van der Waals surface area contributed by atoms with Gasteiger partial charge in [-0.3, -0.25) is 4.79 Å². The van der Waals surface area contributed by atoms with Crippen molar-refractivity contribution < 1.29 is 13.2 Å². The molecule has 5 rings (SSSR count). The fraction of sp³-hybridized carbons (Fsp3) is 0.348. The normalized spacial score (nSPS) is 20.3. The first kappa shape index (κ1) is 18.6. The van der Waals surface area contributed by atoms with Crippen molar-refractivity contribution in [3.63, 3.8) is 0 Å². The smallest absolute Gasteiger partial charge is 0.243 e. The number of aromatic amines is 1. The summed E-state index contributed by atoms with van der Waals surface area (Å²) in [5.41, 5.74) is 4.32. The van der Waals surface area contributed by atoms with E-state index in [0.29, 0.717) is 30.0 Å². The SMILES string of the molecule is Cc1cc2c3c([nH]c2cc1S(=O)(=O)N1CC[C@H](c2ccccc2)C1)CCCC3=O. The fourth-order valence-corrected chi connectivity index (χ4v) is 6.54. The lowest BCUT2D eigenvalue weighted by Gasteiger charge is -2.18. The average Bonchev–Trinajstić information content (AvgIpc) is 3.34. The van der Waals surface area contributed by atoms with E-state index in [0.717, 1.165) is 41.4 Å². The van der Waals surface area contributed by atoms with E-state index >= 15 is 0 Å². The van der Waals surface area contributed by atoms with Crippen LogP contribution in [0.15, 0.2) is 47.4 Å². The molecule has 1 fully saturated rings. The first-order valence-electron chi connectivity index (χ1n) is 10.2. The van der Waals surface area contributed by atoms with Crippen molar-refractivity contribution in [2.24, 2.45) is 0 Å². The maximum Gasteiger partial charge on any atom is 0.243 e. The molecule has 1 atom stereocenters. The third-order valence-corrected chi connectivity index (χ3v) is 8.33. The molecule has 1 saturated heterocycles. The van der Waals surface area contributed by atoms with Crippen LogP contribution in [0, 0.1) is 6.92 Å². The maximum atomic E-state index is 13.4. The summed E-state index contributed by atoms with van der Waals surface area (Å²) in [4.78, 5) is 16.0. The number of carbonyl (C=O) groups is 1. The Morgan fingerprint density at radius 2 is 1.90 bits per heavy atom. The van der Waals surface area contributed by atoms with E-state index < -0.39 is 10.0 Å². The molecule has 29 heavy (non-hydrogen) atoms. The number of nitrogens with zero attached hydrogens (tertiary/aromatic N) is 1. The number of sulfonamides is 1. The number of hydrogen-bond donors (Lipinski definition) is 1. The van der Waals surface area contributed by atoms with Gasteiger partial charge in [-0.2, -0.15) is 4.31 Å². The summed E-state index contributed by atoms with van der Waals surface area (Å²) in [5.74, 6) is 0.378. The largest absolute Gasteiger partial charge is 0.358 e. The second-order valence-corrected chi connectivity index (χ2v) is 10.1. The van der Waals surface area contributed by atoms with Crippen molar-refractivity contribution in [3.05, 3.63) is 64.8 Å². The van der Waals surface area contributed by atoms with Crippen LogP contribution in [0.3, 0.4) is 0 Å². The molecule has 5 nitrogen and oxygen atoms in total. The summed E-state index contributed by atoms with van der Waals surface area (Å²) >= 11 is 0. The van der Waals surface area contributed by atoms with Gasteiger partial charge in [0.2, 0.25) is 10.0 Å². The van der Waals surface area contributed by atoms with Crippen molar-refractivity contribution in [1.29, 1.82) is 0 Å². The lowest BCUT2D eigenvalue weighted by Crippen LogP contribution is -2.29. The first-order valence-corrected chi connectivity index (χ1v) is 11.6. The van der Waals surface area contributed by atoms with Gasteiger partial charge in [0.1, 0.15) is 0 Å². The average molecular weight is 409 g/mol. The first-order chi connectivity index (χ1) is 13.9. The Balaban J connectivity index is 1.51. The summed E-state index contributed by atoms with van der Waals surface area (Å²) < 4.78 is 28.5. The number of aromatic nitrogens is 1. The molecular formula is C23H24N2O3S. The Bertz CT molecular complexity index is 1210. The van der Waals surface area contributed by atoms with Crippen LogP contribution < -0.4 is 0 Å². The lowest BCUT2D eigenvalue weighted by molar-refractivity contribution is 0.0974. The quantitative estimate of drug-likeness (QED) is 0.707. The van der Waals surface area contributed by atoms with E-state index in [2.05, 4.69) is 17.1 Å². The zero-order valence-corrected chi connectivity index (χ0v) is 17.3. The molecule has 0 saturated carbocycles. The van der Waals surface area contributed by atoms with Gasteiger partial charge in [-0.15, -0.1) is 0 Å². The van der Waals surface area contributed by atoms with Crippen LogP contribution in [-0.4, -0.2) is 36.6 Å². The predicted molar refractivity (Wildman–Crippen MR) is 113 cm³/mol. The number of ketones is 1. The molecule has 0 amide bonds. The molecule has 150 valence electrons. The molecule has 2 heterocycles. The summed E-state index contributed by atoms with van der Waals surface area (Å²) in [7, 11) is -3.59. The number of hydrogen-bond acceptors (Lipinski definition) is 3. The van der Waals surface area contributed by atoms with E-state index in [1.807, 2.05) is 31.2 Å². The van der Waals surface area contributed by atoms with Gasteiger partial charge in [-0.05, 0) is 55.4 Å². The molecule has 0 bridgehead atoms. The number of benzene rings is 2. The number of carbonyl (C=O) groups excluding carboxylic acids is 1. The number of aryl methyl sites for hydroxylation is 2. The molecule has 6 heteroatoms. The Kier molecular flexibility index (Phi) is 4.37. The van der Waals surface area contributed by atoms with Gasteiger partial charge in [0, 0.05) is 41.7 Å². The molecule has 0 unspecified atom stereocenters. The lowest BCUT2D eigenvalue weighted by atomic mass is 9.94. The monoisotopic (exact) mass is 408 g/mol. The molecule has 2 aromatic carbocycles. The van der Waals surface area contributed by atoms with Gasteiger partial charge in [-0.25, -0.2) is 8.42 Å². The molecule has 0 radical (unpaired) electrons. The molecule has 1 aliphatic heterocycles. The third-order valence-electron chi connectivity index (χ3n) is 6.32. The minimum atomic E-state index is -3.59. The molecule has 2 aliphatic rings. The highest BCUT2D eigenvalue weighted by atomic mass is 32.2. The van der Waals surface area contributed by atoms with Crippen molar-refractivity contribution in [1.82, 2.24) is 9.29 Å². The van der Waals surface area contributed by atoms with E-state index in [1.54, 1.807) is 10.4 Å². The summed E-state index contributed by atoms with van der Waals surface area (Å²) in [6.07, 6.45) is 3.07. The van der Waals surface area contributed by atoms with Crippen LogP contribution in [0.5, 0.6) is 0 Å². The maximum absolute atomic E-state index is 13.4. The van der Waals surface area contributed by atoms with Crippen molar-refractivity contribution in [3.8, 4) is 0 Å². The Hall–Kier alpha value is -2.44. The van der Waals surface area contributed by atoms with Crippen LogP contribution in [0.4, 0.5) is 0 Å². The van der Waals surface area contributed by atoms with E-state index in [9.17, 15) is 13.2 Å². The van der Waals surface area contributed by atoms with Gasteiger partial charge < -0.3 is 4.98 Å².